The summed E-state index contributed by atoms with van der Waals surface area (Å²) in [6.07, 6.45) is 0. The molecule has 0 fully saturated rings. The minimum absolute atomic E-state index is 0.0288. The van der Waals surface area contributed by atoms with E-state index in [2.05, 4.69) is 0 Å². The van der Waals surface area contributed by atoms with Crippen LogP contribution in [0.4, 0.5) is 10.3 Å². The van der Waals surface area contributed by atoms with E-state index in [0.717, 1.165) is 0 Å². The molecule has 7 nitrogen and oxygen atoms in total. The van der Waals surface area contributed by atoms with Crippen molar-refractivity contribution in [2.45, 2.75) is 60.7 Å². The fourth-order valence-corrected chi connectivity index (χ4v) is 4.20. The van der Waals surface area contributed by atoms with Gasteiger partial charge in [0, 0.05) is 36.3 Å². The fraction of sp³-hybridized carbons (Fsp3) is 0.522. The van der Waals surface area contributed by atoms with Crippen molar-refractivity contribution in [3.63, 3.8) is 0 Å². The van der Waals surface area contributed by atoms with Crippen LogP contribution in [0, 0.1) is 11.7 Å². The second kappa shape index (κ2) is 9.48. The smallest absolute Gasteiger partial charge is 0.332 e. The topological polar surface area (TPSA) is 65.1 Å². The van der Waals surface area contributed by atoms with Gasteiger partial charge in [0.2, 0.25) is 5.95 Å². The molecule has 0 unspecified atom stereocenters. The lowest BCUT2D eigenvalue weighted by Gasteiger charge is -2.21. The second-order valence-electron chi connectivity index (χ2n) is 8.60. The summed E-state index contributed by atoms with van der Waals surface area (Å²) in [7, 11) is 0. The third-order valence-electron chi connectivity index (χ3n) is 5.53. The van der Waals surface area contributed by atoms with Crippen molar-refractivity contribution < 1.29 is 4.39 Å². The zero-order valence-electron chi connectivity index (χ0n) is 19.5. The molecule has 1 aromatic carbocycles. The summed E-state index contributed by atoms with van der Waals surface area (Å²) < 4.78 is 19.2. The van der Waals surface area contributed by atoms with Crippen molar-refractivity contribution in [2.24, 2.45) is 5.92 Å². The predicted octanol–water partition coefficient (Wildman–Crippen LogP) is 4.28. The summed E-state index contributed by atoms with van der Waals surface area (Å²) in [6.45, 7) is 13.2. The van der Waals surface area contributed by atoms with Crippen LogP contribution < -0.4 is 16.1 Å². The molecule has 0 N–H and O–H groups in total. The van der Waals surface area contributed by atoms with E-state index < -0.39 is 11.4 Å². The summed E-state index contributed by atoms with van der Waals surface area (Å²) in [4.78, 5) is 33.6. The number of hydrogen-bond donors (Lipinski definition) is 0. The number of imidazole rings is 1. The van der Waals surface area contributed by atoms with E-state index in [1.54, 1.807) is 21.3 Å². The van der Waals surface area contributed by atoms with Gasteiger partial charge in [0.05, 0.1) is 6.54 Å². The summed E-state index contributed by atoms with van der Waals surface area (Å²) in [5.41, 5.74) is 0.0587. The van der Waals surface area contributed by atoms with Crippen LogP contribution in [0.5, 0.6) is 0 Å². The number of benzene rings is 1. The maximum absolute atomic E-state index is 14.7. The van der Waals surface area contributed by atoms with Crippen molar-refractivity contribution in [3.8, 4) is 0 Å². The van der Waals surface area contributed by atoms with Crippen LogP contribution in [-0.4, -0.2) is 31.8 Å². The largest absolute Gasteiger partial charge is 0.343 e. The first-order valence-corrected chi connectivity index (χ1v) is 11.4. The van der Waals surface area contributed by atoms with Gasteiger partial charge in [-0.25, -0.2) is 9.18 Å². The van der Waals surface area contributed by atoms with Crippen LogP contribution in [0.1, 0.15) is 53.1 Å². The highest BCUT2D eigenvalue weighted by molar-refractivity contribution is 6.31. The first-order valence-electron chi connectivity index (χ1n) is 11.1. The fourth-order valence-electron chi connectivity index (χ4n) is 3.97. The highest BCUT2D eigenvalue weighted by atomic mass is 35.5. The Morgan fingerprint density at radius 2 is 1.75 bits per heavy atom. The van der Waals surface area contributed by atoms with E-state index in [9.17, 15) is 14.0 Å². The molecule has 9 heteroatoms. The molecule has 0 amide bonds. The molecule has 0 aliphatic heterocycles. The maximum atomic E-state index is 14.7. The first kappa shape index (κ1) is 24.0. The summed E-state index contributed by atoms with van der Waals surface area (Å²) in [5, 5.41) is 0.275. The Labute approximate surface area is 192 Å². The van der Waals surface area contributed by atoms with Crippen LogP contribution in [0.2, 0.25) is 5.02 Å². The molecule has 2 aromatic heterocycles. The van der Waals surface area contributed by atoms with E-state index in [-0.39, 0.29) is 46.8 Å². The molecule has 0 spiro atoms. The lowest BCUT2D eigenvalue weighted by molar-refractivity contribution is 0.460. The quantitative estimate of drug-likeness (QED) is 0.500. The molecule has 0 saturated heterocycles. The zero-order valence-corrected chi connectivity index (χ0v) is 20.3. The van der Waals surface area contributed by atoms with Gasteiger partial charge in [-0.1, -0.05) is 31.5 Å². The molecule has 0 bridgehead atoms. The maximum Gasteiger partial charge on any atom is 0.332 e. The minimum Gasteiger partial charge on any atom is -0.343 e. The number of anilines is 1. The molecule has 0 radical (unpaired) electrons. The Hall–Kier alpha value is -2.61. The van der Waals surface area contributed by atoms with Gasteiger partial charge in [-0.2, -0.15) is 4.98 Å². The van der Waals surface area contributed by atoms with Crippen molar-refractivity contribution in [1.82, 2.24) is 18.7 Å². The molecule has 32 heavy (non-hydrogen) atoms. The predicted molar refractivity (Wildman–Crippen MR) is 128 cm³/mol. The van der Waals surface area contributed by atoms with Crippen molar-refractivity contribution >= 4 is 28.7 Å². The number of aromatic nitrogens is 4. The van der Waals surface area contributed by atoms with Crippen LogP contribution in [0.15, 0.2) is 27.8 Å². The lowest BCUT2D eigenvalue weighted by Crippen LogP contribution is -2.42. The van der Waals surface area contributed by atoms with Crippen molar-refractivity contribution in [1.29, 1.82) is 0 Å². The van der Waals surface area contributed by atoms with Gasteiger partial charge in [-0.3, -0.25) is 18.5 Å². The highest BCUT2D eigenvalue weighted by Crippen LogP contribution is 2.27. The third kappa shape index (κ3) is 4.20. The molecule has 2 heterocycles. The van der Waals surface area contributed by atoms with Gasteiger partial charge in [-0.15, -0.1) is 0 Å². The zero-order chi connectivity index (χ0) is 23.7. The Kier molecular flexibility index (Phi) is 7.12. The van der Waals surface area contributed by atoms with Gasteiger partial charge in [-0.05, 0) is 45.7 Å². The minimum atomic E-state index is -0.454. The third-order valence-corrected chi connectivity index (χ3v) is 5.88. The second-order valence-corrected chi connectivity index (χ2v) is 9.01. The highest BCUT2D eigenvalue weighted by Gasteiger charge is 2.26. The Morgan fingerprint density at radius 3 is 2.28 bits per heavy atom. The van der Waals surface area contributed by atoms with Gasteiger partial charge >= 0.3 is 5.69 Å². The van der Waals surface area contributed by atoms with Crippen LogP contribution >= 0.6 is 11.6 Å². The molecule has 3 aromatic rings. The van der Waals surface area contributed by atoms with E-state index >= 15 is 0 Å². The Morgan fingerprint density at radius 1 is 1.09 bits per heavy atom. The number of halogens is 2. The van der Waals surface area contributed by atoms with Gasteiger partial charge in [0.1, 0.15) is 5.82 Å². The molecule has 174 valence electrons. The number of nitrogens with zero attached hydrogens (tertiary/aromatic N) is 5. The molecule has 0 aliphatic rings. The number of fused-ring (bicyclic) bond motifs is 1. The van der Waals surface area contributed by atoms with Crippen LogP contribution in [0.25, 0.3) is 11.2 Å². The van der Waals surface area contributed by atoms with Crippen LogP contribution in [0.3, 0.4) is 0 Å². The standard InChI is InChI=1S/C23H31ClFN5O2/c1-7-27(8-2)22-26-20-19(28(22)13-16-17(24)10-9-11-18(16)25)21(31)29(12-14(3)4)23(32)30(20)15(5)6/h9-11,14-15H,7-8,12-13H2,1-6H3. The summed E-state index contributed by atoms with van der Waals surface area (Å²) >= 11 is 6.32. The summed E-state index contributed by atoms with van der Waals surface area (Å²) in [6, 6.07) is 4.30. The van der Waals surface area contributed by atoms with E-state index in [0.29, 0.717) is 24.7 Å². The van der Waals surface area contributed by atoms with Gasteiger partial charge in [0.25, 0.3) is 5.56 Å². The average Bonchev–Trinajstić information content (AvgIpc) is 3.07. The molecule has 3 rings (SSSR count). The van der Waals surface area contributed by atoms with Gasteiger partial charge < -0.3 is 4.90 Å². The van der Waals surface area contributed by atoms with E-state index in [1.165, 1.54) is 10.6 Å². The van der Waals surface area contributed by atoms with E-state index in [1.807, 2.05) is 46.4 Å². The average molecular weight is 464 g/mol. The van der Waals surface area contributed by atoms with Crippen LogP contribution in [-0.2, 0) is 13.1 Å². The monoisotopic (exact) mass is 463 g/mol. The SMILES string of the molecule is CCN(CC)c1nc2c(c(=O)n(CC(C)C)c(=O)n2C(C)C)n1Cc1c(F)cccc1Cl. The first-order chi connectivity index (χ1) is 15.1. The van der Waals surface area contributed by atoms with Crippen molar-refractivity contribution in [2.75, 3.05) is 18.0 Å². The number of rotatable bonds is 8. The van der Waals surface area contributed by atoms with Gasteiger partial charge in [0.15, 0.2) is 11.2 Å². The van der Waals surface area contributed by atoms with E-state index in [4.69, 9.17) is 16.6 Å². The number of hydrogen-bond acceptors (Lipinski definition) is 4. The lowest BCUT2D eigenvalue weighted by atomic mass is 10.2. The normalized spacial score (nSPS) is 11.8. The molecule has 0 aliphatic carbocycles. The summed E-state index contributed by atoms with van der Waals surface area (Å²) in [5.74, 6) is 0.153. The molecular formula is C23H31ClFN5O2. The molecule has 0 atom stereocenters. The van der Waals surface area contributed by atoms with Crippen molar-refractivity contribution in [3.05, 3.63) is 55.4 Å². The Bertz CT molecular complexity index is 1220. The Balaban J connectivity index is 2.47. The molecular weight excluding hydrogens is 433 g/mol. The molecule has 0 saturated carbocycles.